The van der Waals surface area contributed by atoms with Gasteiger partial charge in [0.05, 0.1) is 6.10 Å². The normalized spacial score (nSPS) is 11.9. The highest BCUT2D eigenvalue weighted by Gasteiger charge is 2.08. The second-order valence-corrected chi connectivity index (χ2v) is 4.73. The summed E-state index contributed by atoms with van der Waals surface area (Å²) in [7, 11) is 0. The number of rotatable bonds is 7. The SMILES string of the molecule is CCCNc1cc(NCC(O)c2ccccc2)nc(N)n1. The Labute approximate surface area is 124 Å². The van der Waals surface area contributed by atoms with Crippen LogP contribution in [0.1, 0.15) is 25.0 Å². The Morgan fingerprint density at radius 3 is 2.48 bits per heavy atom. The molecule has 2 aromatic rings. The Balaban J connectivity index is 1.97. The molecule has 1 atom stereocenters. The van der Waals surface area contributed by atoms with E-state index < -0.39 is 6.10 Å². The smallest absolute Gasteiger partial charge is 0.223 e. The van der Waals surface area contributed by atoms with Gasteiger partial charge in [-0.15, -0.1) is 0 Å². The van der Waals surface area contributed by atoms with Gasteiger partial charge in [0.2, 0.25) is 5.95 Å². The molecule has 6 nitrogen and oxygen atoms in total. The van der Waals surface area contributed by atoms with Gasteiger partial charge in [0.25, 0.3) is 0 Å². The summed E-state index contributed by atoms with van der Waals surface area (Å²) in [5, 5.41) is 16.3. The first kappa shape index (κ1) is 15.1. The van der Waals surface area contributed by atoms with E-state index >= 15 is 0 Å². The van der Waals surface area contributed by atoms with Crippen LogP contribution in [0.2, 0.25) is 0 Å². The van der Waals surface area contributed by atoms with Crippen molar-refractivity contribution in [3.63, 3.8) is 0 Å². The number of aliphatic hydroxyl groups excluding tert-OH is 1. The van der Waals surface area contributed by atoms with E-state index in [0.717, 1.165) is 18.5 Å². The van der Waals surface area contributed by atoms with Gasteiger partial charge in [0.15, 0.2) is 0 Å². The van der Waals surface area contributed by atoms with E-state index in [1.54, 1.807) is 6.07 Å². The van der Waals surface area contributed by atoms with Gasteiger partial charge in [-0.3, -0.25) is 0 Å². The van der Waals surface area contributed by atoms with E-state index in [1.165, 1.54) is 0 Å². The molecule has 1 heterocycles. The lowest BCUT2D eigenvalue weighted by molar-refractivity contribution is 0.191. The molecule has 112 valence electrons. The average Bonchev–Trinajstić information content (AvgIpc) is 2.51. The molecule has 0 saturated heterocycles. The van der Waals surface area contributed by atoms with Gasteiger partial charge in [-0.1, -0.05) is 37.3 Å². The zero-order chi connectivity index (χ0) is 15.1. The predicted molar refractivity (Wildman–Crippen MR) is 85.1 cm³/mol. The largest absolute Gasteiger partial charge is 0.387 e. The molecule has 6 heteroatoms. The van der Waals surface area contributed by atoms with Gasteiger partial charge in [-0.2, -0.15) is 9.97 Å². The van der Waals surface area contributed by atoms with Crippen molar-refractivity contribution in [2.75, 3.05) is 29.5 Å². The lowest BCUT2D eigenvalue weighted by Gasteiger charge is -2.13. The monoisotopic (exact) mass is 287 g/mol. The molecule has 0 saturated carbocycles. The predicted octanol–water partition coefficient (Wildman–Crippen LogP) is 2.03. The summed E-state index contributed by atoms with van der Waals surface area (Å²) in [5.41, 5.74) is 6.54. The molecule has 2 rings (SSSR count). The van der Waals surface area contributed by atoms with Crippen molar-refractivity contribution < 1.29 is 5.11 Å². The zero-order valence-electron chi connectivity index (χ0n) is 12.1. The molecule has 0 aliphatic rings. The van der Waals surface area contributed by atoms with E-state index in [2.05, 4.69) is 27.5 Å². The molecule has 0 bridgehead atoms. The number of benzene rings is 1. The average molecular weight is 287 g/mol. The molecule has 1 unspecified atom stereocenters. The van der Waals surface area contributed by atoms with Gasteiger partial charge >= 0.3 is 0 Å². The standard InChI is InChI=1S/C15H21N5O/c1-2-8-17-13-9-14(20-15(16)19-13)18-10-12(21)11-6-4-3-5-7-11/h3-7,9,12,21H,2,8,10H2,1H3,(H4,16,17,18,19,20). The maximum absolute atomic E-state index is 10.1. The molecule has 0 amide bonds. The quantitative estimate of drug-likeness (QED) is 0.622. The van der Waals surface area contributed by atoms with Crippen LogP contribution in [0.5, 0.6) is 0 Å². The summed E-state index contributed by atoms with van der Waals surface area (Å²) in [4.78, 5) is 8.22. The molecule has 0 radical (unpaired) electrons. The van der Waals surface area contributed by atoms with Gasteiger partial charge in [-0.25, -0.2) is 0 Å². The maximum Gasteiger partial charge on any atom is 0.223 e. The molecule has 1 aromatic heterocycles. The molecule has 0 spiro atoms. The van der Waals surface area contributed by atoms with E-state index in [1.807, 2.05) is 30.3 Å². The van der Waals surface area contributed by atoms with Crippen LogP contribution in [-0.4, -0.2) is 28.2 Å². The molecule has 1 aromatic carbocycles. The van der Waals surface area contributed by atoms with E-state index in [0.29, 0.717) is 18.2 Å². The number of aliphatic hydroxyl groups is 1. The summed E-state index contributed by atoms with van der Waals surface area (Å²) in [6.45, 7) is 3.25. The van der Waals surface area contributed by atoms with Crippen LogP contribution >= 0.6 is 0 Å². The molecule has 0 aliphatic carbocycles. The Morgan fingerprint density at radius 1 is 1.14 bits per heavy atom. The van der Waals surface area contributed by atoms with E-state index in [-0.39, 0.29) is 5.95 Å². The van der Waals surface area contributed by atoms with Crippen molar-refractivity contribution >= 4 is 17.6 Å². The van der Waals surface area contributed by atoms with Crippen molar-refractivity contribution in [3.05, 3.63) is 42.0 Å². The fraction of sp³-hybridized carbons (Fsp3) is 0.333. The van der Waals surface area contributed by atoms with Crippen molar-refractivity contribution in [1.82, 2.24) is 9.97 Å². The molecular weight excluding hydrogens is 266 g/mol. The first-order chi connectivity index (χ1) is 10.2. The molecule has 0 fully saturated rings. The van der Waals surface area contributed by atoms with Gasteiger partial charge in [-0.05, 0) is 12.0 Å². The topological polar surface area (TPSA) is 96.1 Å². The first-order valence-electron chi connectivity index (χ1n) is 7.04. The Morgan fingerprint density at radius 2 is 1.81 bits per heavy atom. The van der Waals surface area contributed by atoms with E-state index in [4.69, 9.17) is 5.73 Å². The fourth-order valence-electron chi connectivity index (χ4n) is 1.89. The third-order valence-corrected chi connectivity index (χ3v) is 2.96. The number of nitrogens with one attached hydrogen (secondary N) is 2. The van der Waals surface area contributed by atoms with Gasteiger partial charge in [0, 0.05) is 19.2 Å². The highest BCUT2D eigenvalue weighted by Crippen LogP contribution is 2.16. The summed E-state index contributed by atoms with van der Waals surface area (Å²) < 4.78 is 0. The van der Waals surface area contributed by atoms with Crippen LogP contribution < -0.4 is 16.4 Å². The van der Waals surface area contributed by atoms with Gasteiger partial charge < -0.3 is 21.5 Å². The summed E-state index contributed by atoms with van der Waals surface area (Å²) in [6.07, 6.45) is 0.397. The number of nitrogen functional groups attached to an aromatic ring is 1. The van der Waals surface area contributed by atoms with Crippen LogP contribution in [0, 0.1) is 0 Å². The second kappa shape index (κ2) is 7.44. The second-order valence-electron chi connectivity index (χ2n) is 4.73. The Kier molecular flexibility index (Phi) is 5.34. The Bertz CT molecular complexity index is 561. The third kappa shape index (κ3) is 4.61. The molecule has 5 N–H and O–H groups in total. The minimum Gasteiger partial charge on any atom is -0.387 e. The minimum atomic E-state index is -0.602. The third-order valence-electron chi connectivity index (χ3n) is 2.96. The summed E-state index contributed by atoms with van der Waals surface area (Å²) in [5.74, 6) is 1.48. The van der Waals surface area contributed by atoms with E-state index in [9.17, 15) is 5.11 Å². The van der Waals surface area contributed by atoms with Crippen LogP contribution in [0.15, 0.2) is 36.4 Å². The van der Waals surface area contributed by atoms with Crippen molar-refractivity contribution in [3.8, 4) is 0 Å². The maximum atomic E-state index is 10.1. The highest BCUT2D eigenvalue weighted by molar-refractivity contribution is 5.51. The van der Waals surface area contributed by atoms with Crippen LogP contribution in [0.3, 0.4) is 0 Å². The number of nitrogens with zero attached hydrogens (tertiary/aromatic N) is 2. The Hall–Kier alpha value is -2.34. The summed E-state index contributed by atoms with van der Waals surface area (Å²) in [6, 6.07) is 11.3. The van der Waals surface area contributed by atoms with Crippen LogP contribution in [0.25, 0.3) is 0 Å². The van der Waals surface area contributed by atoms with Crippen molar-refractivity contribution in [2.45, 2.75) is 19.4 Å². The zero-order valence-corrected chi connectivity index (χ0v) is 12.1. The molecule has 0 aliphatic heterocycles. The lowest BCUT2D eigenvalue weighted by Crippen LogP contribution is -2.14. The number of anilines is 3. The van der Waals surface area contributed by atoms with Crippen molar-refractivity contribution in [1.29, 1.82) is 0 Å². The highest BCUT2D eigenvalue weighted by atomic mass is 16.3. The first-order valence-corrected chi connectivity index (χ1v) is 7.04. The van der Waals surface area contributed by atoms with Crippen LogP contribution in [0.4, 0.5) is 17.6 Å². The molecular formula is C15H21N5O. The number of hydrogen-bond acceptors (Lipinski definition) is 6. The van der Waals surface area contributed by atoms with Gasteiger partial charge in [0.1, 0.15) is 11.6 Å². The lowest BCUT2D eigenvalue weighted by atomic mass is 10.1. The minimum absolute atomic E-state index is 0.202. The summed E-state index contributed by atoms with van der Waals surface area (Å²) >= 11 is 0. The molecule has 21 heavy (non-hydrogen) atoms. The fourth-order valence-corrected chi connectivity index (χ4v) is 1.89. The number of nitrogens with two attached hydrogens (primary N) is 1. The number of hydrogen-bond donors (Lipinski definition) is 4. The number of aromatic nitrogens is 2. The van der Waals surface area contributed by atoms with Crippen LogP contribution in [-0.2, 0) is 0 Å². The van der Waals surface area contributed by atoms with Crippen molar-refractivity contribution in [2.24, 2.45) is 0 Å².